The van der Waals surface area contributed by atoms with Gasteiger partial charge in [0, 0.05) is 34.1 Å². The van der Waals surface area contributed by atoms with E-state index in [1.807, 2.05) is 0 Å². The van der Waals surface area contributed by atoms with Crippen LogP contribution in [0, 0.1) is 6.92 Å². The monoisotopic (exact) mass is 1050 g/mol. The molecule has 0 aliphatic heterocycles. The van der Waals surface area contributed by atoms with Crippen LogP contribution in [0.15, 0.2) is 273 Å². The van der Waals surface area contributed by atoms with Gasteiger partial charge in [-0.1, -0.05) is 247 Å². The van der Waals surface area contributed by atoms with E-state index in [-0.39, 0.29) is 10.8 Å². The average Bonchev–Trinajstić information content (AvgIpc) is 3.61. The first-order chi connectivity index (χ1) is 38.9. The summed E-state index contributed by atoms with van der Waals surface area (Å²) < 4.78 is 0. The van der Waals surface area contributed by atoms with Crippen LogP contribution in [0.4, 0.5) is 34.1 Å². The van der Waals surface area contributed by atoms with Crippen molar-refractivity contribution in [3.63, 3.8) is 0 Å². The Morgan fingerprint density at radius 2 is 0.550 bits per heavy atom. The van der Waals surface area contributed by atoms with E-state index in [0.29, 0.717) is 0 Å². The lowest BCUT2D eigenvalue weighted by Crippen LogP contribution is -2.74. The topological polar surface area (TPSA) is 6.48 Å². The Morgan fingerprint density at radius 1 is 0.250 bits per heavy atom. The van der Waals surface area contributed by atoms with Gasteiger partial charge in [0.2, 0.25) is 0 Å². The number of fused-ring (bicyclic) bond motifs is 11. The number of benzene rings is 13. The summed E-state index contributed by atoms with van der Waals surface area (Å²) in [5, 5.41) is 17.9. The van der Waals surface area contributed by atoms with Crippen LogP contribution >= 0.6 is 0 Å². The van der Waals surface area contributed by atoms with Gasteiger partial charge in [-0.15, -0.1) is 0 Å². The van der Waals surface area contributed by atoms with Gasteiger partial charge in [-0.2, -0.15) is 0 Å². The second kappa shape index (κ2) is 20.0. The zero-order chi connectivity index (χ0) is 54.8. The molecule has 80 heavy (non-hydrogen) atoms. The minimum absolute atomic E-state index is 0.0290. The Balaban J connectivity index is 1.15. The van der Waals surface area contributed by atoms with Crippen LogP contribution in [-0.2, 0) is 10.8 Å². The summed E-state index contributed by atoms with van der Waals surface area (Å²) in [6.45, 7) is 15.9. The van der Waals surface area contributed by atoms with Crippen molar-refractivity contribution in [1.82, 2.24) is 0 Å². The van der Waals surface area contributed by atoms with Crippen molar-refractivity contribution < 1.29 is 0 Å². The largest absolute Gasteiger partial charge is 0.310 e. The fourth-order valence-electron chi connectivity index (χ4n) is 12.7. The maximum absolute atomic E-state index is 2.95. The quantitative estimate of drug-likeness (QED) is 0.0765. The van der Waals surface area contributed by atoms with E-state index in [4.69, 9.17) is 0 Å². The number of nitrogens with zero attached hydrogens (tertiary/aromatic N) is 2. The molecule has 0 amide bonds. The molecule has 0 saturated carbocycles. The Labute approximate surface area is 472 Å². The van der Waals surface area contributed by atoms with Crippen molar-refractivity contribution in [1.29, 1.82) is 0 Å². The predicted molar refractivity (Wildman–Crippen MR) is 349 cm³/mol. The molecule has 0 N–H and O–H groups in total. The van der Waals surface area contributed by atoms with Crippen LogP contribution < -0.4 is 30.5 Å². The van der Waals surface area contributed by atoms with E-state index < -0.39 is 8.07 Å². The van der Waals surface area contributed by atoms with Crippen molar-refractivity contribution in [3.05, 3.63) is 290 Å². The molecule has 0 bridgehead atoms. The van der Waals surface area contributed by atoms with Crippen molar-refractivity contribution in [2.24, 2.45) is 0 Å². The molecule has 13 aromatic rings. The zero-order valence-electron chi connectivity index (χ0n) is 46.9. The van der Waals surface area contributed by atoms with Gasteiger partial charge in [-0.05, 0) is 176 Å². The molecule has 13 aromatic carbocycles. The maximum Gasteiger partial charge on any atom is 0.179 e. The summed E-state index contributed by atoms with van der Waals surface area (Å²) in [7, 11) is -2.95. The van der Waals surface area contributed by atoms with E-state index >= 15 is 0 Å². The van der Waals surface area contributed by atoms with Gasteiger partial charge >= 0.3 is 0 Å². The molecular weight excluding hydrogens is 981 g/mol. The summed E-state index contributed by atoms with van der Waals surface area (Å²) in [6.07, 6.45) is 0. The molecule has 13 rings (SSSR count). The summed E-state index contributed by atoms with van der Waals surface area (Å²) in [4.78, 5) is 4.85. The molecule has 0 aliphatic rings. The van der Waals surface area contributed by atoms with E-state index in [1.54, 1.807) is 0 Å². The van der Waals surface area contributed by atoms with Crippen LogP contribution in [0.2, 0.25) is 0 Å². The molecule has 388 valence electrons. The lowest BCUT2D eigenvalue weighted by Gasteiger charge is -2.34. The zero-order valence-corrected chi connectivity index (χ0v) is 47.9. The summed E-state index contributed by atoms with van der Waals surface area (Å²) in [5.74, 6) is 0. The van der Waals surface area contributed by atoms with Crippen LogP contribution in [0.25, 0.3) is 53.9 Å². The van der Waals surface area contributed by atoms with Crippen LogP contribution in [0.3, 0.4) is 0 Å². The van der Waals surface area contributed by atoms with Crippen molar-refractivity contribution in [3.8, 4) is 0 Å². The highest BCUT2D eigenvalue weighted by atomic mass is 28.3. The Kier molecular flexibility index (Phi) is 12.6. The number of hydrogen-bond donors (Lipinski definition) is 0. The van der Waals surface area contributed by atoms with Gasteiger partial charge in [0.25, 0.3) is 0 Å². The third kappa shape index (κ3) is 8.74. The van der Waals surface area contributed by atoms with E-state index in [9.17, 15) is 0 Å². The molecule has 0 radical (unpaired) electrons. The third-order valence-corrected chi connectivity index (χ3v) is 21.5. The Morgan fingerprint density at radius 3 is 0.925 bits per heavy atom. The molecule has 0 spiro atoms. The lowest BCUT2D eigenvalue weighted by atomic mass is 9.86. The number of rotatable bonds is 10. The molecule has 3 heteroatoms. The van der Waals surface area contributed by atoms with Crippen molar-refractivity contribution >= 4 is 117 Å². The fourth-order valence-corrected chi connectivity index (χ4v) is 17.5. The van der Waals surface area contributed by atoms with E-state index in [2.05, 4.69) is 331 Å². The van der Waals surface area contributed by atoms with E-state index in [0.717, 1.165) is 34.1 Å². The molecule has 0 heterocycles. The summed E-state index contributed by atoms with van der Waals surface area (Å²) in [5.41, 5.74) is 10.6. The first-order valence-electron chi connectivity index (χ1n) is 28.2. The second-order valence-electron chi connectivity index (χ2n) is 23.8. The average molecular weight is 1050 g/mol. The van der Waals surface area contributed by atoms with Gasteiger partial charge < -0.3 is 9.80 Å². The molecule has 2 nitrogen and oxygen atoms in total. The second-order valence-corrected chi connectivity index (χ2v) is 27.6. The lowest BCUT2D eigenvalue weighted by molar-refractivity contribution is 0.590. The van der Waals surface area contributed by atoms with E-state index in [1.165, 1.54) is 91.3 Å². The van der Waals surface area contributed by atoms with Crippen LogP contribution in [0.5, 0.6) is 0 Å². The Bertz CT molecular complexity index is 4300. The van der Waals surface area contributed by atoms with Gasteiger partial charge in [0.05, 0.1) is 0 Å². The number of anilines is 6. The van der Waals surface area contributed by atoms with Crippen LogP contribution in [0.1, 0.15) is 58.2 Å². The standard InChI is InChI=1S/C77H66N2Si/c1-53-33-45-66-70(49-53)71-50-60(78(56-23-13-8-14-24-56)58-38-34-54(35-39-58)76(2,3)4)42-46-67(71)75-69-48-44-65(80(62-27-17-10-18-28-62,63-29-19-11-20-30-63)64-31-21-12-22-32-64)52-73(69)72-51-61(43-47-68(72)74(66)75)79(57-25-15-9-16-26-57)59-40-36-55(37-41-59)77(5,6)7/h8-52H,1-7H3. The molecule has 0 unspecified atom stereocenters. The number of aryl methyl sites for hydroxylation is 1. The SMILES string of the molecule is Cc1ccc2c(c1)c1cc(N(c3ccccc3)c3ccc(C(C)(C)C)cc3)ccc1c1c3ccc([Si](c4ccccc4)(c4ccccc4)c4ccccc4)cc3c3cc(N(c4ccccc4)c4ccc(C(C)(C)C)cc4)ccc3c21. The number of hydrogen-bond acceptors (Lipinski definition) is 2. The maximum atomic E-state index is 2.60. The molecule has 0 saturated heterocycles. The minimum Gasteiger partial charge on any atom is -0.310 e. The Hall–Kier alpha value is -9.02. The summed E-state index contributed by atoms with van der Waals surface area (Å²) in [6, 6.07) is 103. The van der Waals surface area contributed by atoms with Gasteiger partial charge in [-0.3, -0.25) is 0 Å². The minimum atomic E-state index is -2.95. The van der Waals surface area contributed by atoms with Crippen LogP contribution in [-0.4, -0.2) is 8.07 Å². The number of para-hydroxylation sites is 2. The smallest absolute Gasteiger partial charge is 0.179 e. The highest BCUT2D eigenvalue weighted by Crippen LogP contribution is 2.48. The first kappa shape index (κ1) is 50.5. The highest BCUT2D eigenvalue weighted by molar-refractivity contribution is 7.20. The van der Waals surface area contributed by atoms with Crippen molar-refractivity contribution in [2.45, 2.75) is 59.3 Å². The highest BCUT2D eigenvalue weighted by Gasteiger charge is 2.41. The molecule has 0 atom stereocenters. The van der Waals surface area contributed by atoms with Crippen molar-refractivity contribution in [2.75, 3.05) is 9.80 Å². The molecular formula is C77H66N2Si. The first-order valence-corrected chi connectivity index (χ1v) is 30.2. The fraction of sp³-hybridized carbons (Fsp3) is 0.117. The van der Waals surface area contributed by atoms with Gasteiger partial charge in [0.15, 0.2) is 8.07 Å². The summed E-state index contributed by atoms with van der Waals surface area (Å²) >= 11 is 0. The third-order valence-electron chi connectivity index (χ3n) is 16.7. The normalized spacial score (nSPS) is 12.2. The molecule has 0 aromatic heterocycles. The van der Waals surface area contributed by atoms with Gasteiger partial charge in [-0.25, -0.2) is 0 Å². The molecule has 0 fully saturated rings. The van der Waals surface area contributed by atoms with Gasteiger partial charge in [0.1, 0.15) is 0 Å². The predicted octanol–water partition coefficient (Wildman–Crippen LogP) is 18.7. The molecule has 0 aliphatic carbocycles.